The second-order valence-corrected chi connectivity index (χ2v) is 6.26. The van der Waals surface area contributed by atoms with Gasteiger partial charge in [-0.2, -0.15) is 8.42 Å². The monoisotopic (exact) mass is 316 g/mol. The van der Waals surface area contributed by atoms with Crippen molar-refractivity contribution in [2.45, 2.75) is 4.90 Å². The molecule has 0 fully saturated rings. The number of rotatable bonds is 3. The lowest BCUT2D eigenvalue weighted by atomic mass is 10.3. The zero-order valence-electron chi connectivity index (χ0n) is 10.7. The molecule has 0 saturated carbocycles. The summed E-state index contributed by atoms with van der Waals surface area (Å²) in [5.74, 6) is -0.0593. The molecule has 1 aliphatic heterocycles. The zero-order chi connectivity index (χ0) is 14.8. The van der Waals surface area contributed by atoms with Crippen LogP contribution in [0.4, 0.5) is 5.69 Å². The third-order valence-electron chi connectivity index (χ3n) is 2.47. The van der Waals surface area contributed by atoms with Gasteiger partial charge >= 0.3 is 5.97 Å². The average Bonchev–Trinajstić information content (AvgIpc) is 2.43. The third-order valence-corrected chi connectivity index (χ3v) is 4.74. The Balaban J connectivity index is 2.27. The highest BCUT2D eigenvalue weighted by Crippen LogP contribution is 2.32. The van der Waals surface area contributed by atoms with E-state index >= 15 is 0 Å². The number of anilines is 1. The van der Waals surface area contributed by atoms with Gasteiger partial charge in [-0.15, -0.1) is 4.40 Å². The average molecular weight is 316 g/mol. The topological polar surface area (TPSA) is 94.1 Å². The number of hydrogen-bond donors (Lipinski definition) is 1. The van der Waals surface area contributed by atoms with Crippen molar-refractivity contribution in [2.75, 3.05) is 25.3 Å². The van der Waals surface area contributed by atoms with E-state index in [1.54, 1.807) is 12.1 Å². The van der Waals surface area contributed by atoms with E-state index in [0.717, 1.165) is 11.8 Å². The molecular formula is C11H12N2O5S2. The van der Waals surface area contributed by atoms with Crippen molar-refractivity contribution in [1.82, 2.24) is 0 Å². The van der Waals surface area contributed by atoms with Gasteiger partial charge < -0.3 is 14.8 Å². The lowest BCUT2D eigenvalue weighted by Crippen LogP contribution is -2.20. The van der Waals surface area contributed by atoms with Crippen LogP contribution in [-0.2, 0) is 19.6 Å². The Bertz CT molecular complexity index is 669. The molecule has 1 heterocycles. The number of carbonyl (C=O) groups excluding carboxylic acids is 1. The standard InChI is InChI=1S/C11H12N2O5S2/c1-17-7-3-4-8-9(5-7)20(15,16)13-11(12-8)19-6-10(14)18-2/h3-5H,6H2,1-2H3,(H,12,13). The minimum absolute atomic E-state index is 0.0245. The molecule has 0 saturated heterocycles. The number of ether oxygens (including phenoxy) is 2. The summed E-state index contributed by atoms with van der Waals surface area (Å²) in [7, 11) is -1.09. The zero-order valence-corrected chi connectivity index (χ0v) is 12.4. The second kappa shape index (κ2) is 5.71. The number of sulfonamides is 1. The van der Waals surface area contributed by atoms with Crippen molar-refractivity contribution in [3.63, 3.8) is 0 Å². The van der Waals surface area contributed by atoms with E-state index < -0.39 is 16.0 Å². The number of esters is 1. The molecule has 1 aromatic rings. The second-order valence-electron chi connectivity index (χ2n) is 3.72. The molecule has 108 valence electrons. The lowest BCUT2D eigenvalue weighted by Gasteiger charge is -2.17. The maximum atomic E-state index is 12.1. The number of nitrogens with one attached hydrogen (secondary N) is 1. The quantitative estimate of drug-likeness (QED) is 0.834. The molecule has 1 N–H and O–H groups in total. The van der Waals surface area contributed by atoms with E-state index in [-0.39, 0.29) is 15.8 Å². The molecule has 1 aliphatic rings. The number of carbonyl (C=O) groups is 1. The van der Waals surface area contributed by atoms with Gasteiger partial charge in [0.05, 0.1) is 25.7 Å². The maximum Gasteiger partial charge on any atom is 0.316 e. The van der Waals surface area contributed by atoms with Gasteiger partial charge in [-0.05, 0) is 12.1 Å². The van der Waals surface area contributed by atoms with Gasteiger partial charge in [0.15, 0.2) is 5.17 Å². The molecule has 0 aliphatic carbocycles. The number of nitrogens with zero attached hydrogens (tertiary/aromatic N) is 1. The molecule has 0 radical (unpaired) electrons. The predicted molar refractivity (Wildman–Crippen MR) is 75.7 cm³/mol. The molecule has 0 aromatic heterocycles. The van der Waals surface area contributed by atoms with Crippen molar-refractivity contribution in [1.29, 1.82) is 0 Å². The van der Waals surface area contributed by atoms with E-state index in [1.807, 2.05) is 0 Å². The van der Waals surface area contributed by atoms with E-state index in [4.69, 9.17) is 4.74 Å². The molecule has 0 unspecified atom stereocenters. The molecule has 0 amide bonds. The van der Waals surface area contributed by atoms with Gasteiger partial charge in [-0.25, -0.2) is 0 Å². The summed E-state index contributed by atoms with van der Waals surface area (Å²) in [6.07, 6.45) is 0. The smallest absolute Gasteiger partial charge is 0.316 e. The summed E-state index contributed by atoms with van der Waals surface area (Å²) in [5, 5.41) is 2.99. The molecule has 1 aromatic carbocycles. The Morgan fingerprint density at radius 3 is 2.80 bits per heavy atom. The van der Waals surface area contributed by atoms with Crippen LogP contribution in [0, 0.1) is 0 Å². The van der Waals surface area contributed by atoms with E-state index in [2.05, 4.69) is 14.5 Å². The number of benzene rings is 1. The van der Waals surface area contributed by atoms with Gasteiger partial charge in [0.25, 0.3) is 10.0 Å². The van der Waals surface area contributed by atoms with Crippen molar-refractivity contribution < 1.29 is 22.7 Å². The van der Waals surface area contributed by atoms with Crippen LogP contribution in [0.25, 0.3) is 0 Å². The maximum absolute atomic E-state index is 12.1. The molecule has 9 heteroatoms. The summed E-state index contributed by atoms with van der Waals surface area (Å²) >= 11 is 0.960. The largest absolute Gasteiger partial charge is 0.497 e. The third kappa shape index (κ3) is 3.05. The van der Waals surface area contributed by atoms with E-state index in [9.17, 15) is 13.2 Å². The van der Waals surface area contributed by atoms with Crippen LogP contribution in [0.1, 0.15) is 0 Å². The van der Waals surface area contributed by atoms with Crippen molar-refractivity contribution in [3.8, 4) is 5.75 Å². The highest BCUT2D eigenvalue weighted by Gasteiger charge is 2.26. The Morgan fingerprint density at radius 1 is 1.40 bits per heavy atom. The fourth-order valence-corrected chi connectivity index (χ4v) is 3.58. The van der Waals surface area contributed by atoms with Crippen molar-refractivity contribution in [3.05, 3.63) is 18.2 Å². The summed E-state index contributed by atoms with van der Waals surface area (Å²) in [4.78, 5) is 11.1. The lowest BCUT2D eigenvalue weighted by molar-refractivity contribution is -0.137. The normalized spacial score (nSPS) is 15.6. The molecule has 0 bridgehead atoms. The van der Waals surface area contributed by atoms with Crippen LogP contribution < -0.4 is 10.1 Å². The number of methoxy groups -OCH3 is 2. The molecule has 2 rings (SSSR count). The Morgan fingerprint density at radius 2 is 2.15 bits per heavy atom. The summed E-state index contributed by atoms with van der Waals surface area (Å²) in [5.41, 5.74) is 0.396. The first kappa shape index (κ1) is 14.7. The highest BCUT2D eigenvalue weighted by atomic mass is 32.2. The summed E-state index contributed by atoms with van der Waals surface area (Å²) < 4.78 is 37.2. The predicted octanol–water partition coefficient (Wildman–Crippen LogP) is 1.07. The Labute approximate surface area is 120 Å². The first-order valence-corrected chi connectivity index (χ1v) is 7.88. The van der Waals surface area contributed by atoms with Gasteiger partial charge in [0, 0.05) is 6.07 Å². The van der Waals surface area contributed by atoms with Crippen LogP contribution >= 0.6 is 11.8 Å². The van der Waals surface area contributed by atoms with E-state index in [1.165, 1.54) is 20.3 Å². The first-order chi connectivity index (χ1) is 9.46. The van der Waals surface area contributed by atoms with Crippen molar-refractivity contribution in [2.24, 2.45) is 4.40 Å². The number of amidine groups is 1. The summed E-state index contributed by atoms with van der Waals surface area (Å²) in [6.45, 7) is 0. The SMILES string of the molecule is COC(=O)CSC1=NS(=O)(=O)c2cc(OC)ccc2N1. The van der Waals surface area contributed by atoms with Gasteiger partial charge in [0.1, 0.15) is 10.6 Å². The fraction of sp³-hybridized carbons (Fsp3) is 0.273. The van der Waals surface area contributed by atoms with E-state index in [0.29, 0.717) is 11.4 Å². The number of thioether (sulfide) groups is 1. The minimum atomic E-state index is -3.81. The van der Waals surface area contributed by atoms with Crippen LogP contribution in [-0.4, -0.2) is 39.5 Å². The summed E-state index contributed by atoms with van der Waals surface area (Å²) in [6, 6.07) is 4.61. The molecule has 0 spiro atoms. The highest BCUT2D eigenvalue weighted by molar-refractivity contribution is 8.15. The van der Waals surface area contributed by atoms with Crippen LogP contribution in [0.15, 0.2) is 27.5 Å². The van der Waals surface area contributed by atoms with Gasteiger partial charge in [-0.3, -0.25) is 4.79 Å². The van der Waals surface area contributed by atoms with Crippen LogP contribution in [0.3, 0.4) is 0 Å². The van der Waals surface area contributed by atoms with Crippen molar-refractivity contribution >= 4 is 38.6 Å². The fourth-order valence-electron chi connectivity index (χ4n) is 1.49. The minimum Gasteiger partial charge on any atom is -0.497 e. The molecular weight excluding hydrogens is 304 g/mol. The molecule has 7 nitrogen and oxygen atoms in total. The van der Waals surface area contributed by atoms with Gasteiger partial charge in [-0.1, -0.05) is 11.8 Å². The molecule has 20 heavy (non-hydrogen) atoms. The first-order valence-electron chi connectivity index (χ1n) is 5.46. The number of fused-ring (bicyclic) bond motifs is 1. The Hall–Kier alpha value is -1.74. The Kier molecular flexibility index (Phi) is 4.19. The van der Waals surface area contributed by atoms with Crippen LogP contribution in [0.5, 0.6) is 5.75 Å². The van der Waals surface area contributed by atoms with Gasteiger partial charge in [0.2, 0.25) is 0 Å². The molecule has 0 atom stereocenters. The number of hydrogen-bond acceptors (Lipinski definition) is 7. The van der Waals surface area contributed by atoms with Crippen LogP contribution in [0.2, 0.25) is 0 Å².